The van der Waals surface area contributed by atoms with Crippen molar-refractivity contribution in [3.05, 3.63) is 24.4 Å². The molecule has 0 bridgehead atoms. The van der Waals surface area contributed by atoms with Crippen LogP contribution in [-0.4, -0.2) is 33.5 Å². The van der Waals surface area contributed by atoms with Gasteiger partial charge in [-0.05, 0) is 30.7 Å². The Kier molecular flexibility index (Phi) is 6.86. The van der Waals surface area contributed by atoms with E-state index in [1.165, 1.54) is 11.8 Å². The van der Waals surface area contributed by atoms with E-state index < -0.39 is 5.97 Å². The highest BCUT2D eigenvalue weighted by Gasteiger charge is 2.03. The Morgan fingerprint density at radius 3 is 2.83 bits per heavy atom. The molecule has 1 amide bonds. The Labute approximate surface area is 110 Å². The normalized spacial score (nSPS) is 10.0. The molecule has 0 aromatic carbocycles. The molecule has 0 spiro atoms. The van der Waals surface area contributed by atoms with Crippen molar-refractivity contribution >= 4 is 29.5 Å². The summed E-state index contributed by atoms with van der Waals surface area (Å²) in [6.07, 6.45) is 3.29. The number of anilines is 1. The van der Waals surface area contributed by atoms with Crippen LogP contribution in [0.3, 0.4) is 0 Å². The van der Waals surface area contributed by atoms with E-state index in [1.807, 2.05) is 6.07 Å². The fourth-order valence-electron chi connectivity index (χ4n) is 1.26. The van der Waals surface area contributed by atoms with Crippen LogP contribution >= 0.6 is 11.8 Å². The third-order valence-corrected chi connectivity index (χ3v) is 3.14. The van der Waals surface area contributed by atoms with Crippen molar-refractivity contribution in [1.82, 2.24) is 4.98 Å². The fourth-order valence-corrected chi connectivity index (χ4v) is 2.07. The fraction of sp³-hybridized carbons (Fsp3) is 0.417. The van der Waals surface area contributed by atoms with Crippen LogP contribution < -0.4 is 5.32 Å². The average Bonchev–Trinajstić information content (AvgIpc) is 2.34. The lowest BCUT2D eigenvalue weighted by Crippen LogP contribution is -2.15. The molecule has 0 fully saturated rings. The molecule has 0 unspecified atom stereocenters. The van der Waals surface area contributed by atoms with Crippen LogP contribution in [0.1, 0.15) is 19.3 Å². The SMILES string of the molecule is O=C(O)CCCCSCC(=O)Nc1ccccn1. The summed E-state index contributed by atoms with van der Waals surface area (Å²) < 4.78 is 0. The molecule has 1 heterocycles. The first kappa shape index (κ1) is 14.5. The van der Waals surface area contributed by atoms with Crippen molar-refractivity contribution in [3.63, 3.8) is 0 Å². The van der Waals surface area contributed by atoms with Crippen LogP contribution in [0.4, 0.5) is 5.82 Å². The molecule has 1 rings (SSSR count). The second kappa shape index (κ2) is 8.52. The van der Waals surface area contributed by atoms with Gasteiger partial charge in [0.05, 0.1) is 5.75 Å². The number of thioether (sulfide) groups is 1. The third-order valence-electron chi connectivity index (χ3n) is 2.09. The van der Waals surface area contributed by atoms with Crippen LogP contribution in [-0.2, 0) is 9.59 Å². The number of carbonyl (C=O) groups excluding carboxylic acids is 1. The number of aliphatic carboxylic acids is 1. The topological polar surface area (TPSA) is 79.3 Å². The number of aromatic nitrogens is 1. The van der Waals surface area contributed by atoms with Gasteiger partial charge in [-0.2, -0.15) is 11.8 Å². The average molecular weight is 268 g/mol. The maximum absolute atomic E-state index is 11.5. The zero-order valence-electron chi connectivity index (χ0n) is 9.96. The van der Waals surface area contributed by atoms with Gasteiger partial charge in [0.15, 0.2) is 0 Å². The van der Waals surface area contributed by atoms with E-state index in [9.17, 15) is 9.59 Å². The van der Waals surface area contributed by atoms with E-state index >= 15 is 0 Å². The van der Waals surface area contributed by atoms with E-state index in [0.717, 1.165) is 12.2 Å². The summed E-state index contributed by atoms with van der Waals surface area (Å²) in [5, 5.41) is 11.1. The highest BCUT2D eigenvalue weighted by molar-refractivity contribution is 7.99. The number of carboxylic acid groups (broad SMARTS) is 1. The molecule has 1 aromatic rings. The largest absolute Gasteiger partial charge is 0.481 e. The molecular formula is C12H16N2O3S. The minimum atomic E-state index is -0.770. The number of carbonyl (C=O) groups is 2. The summed E-state index contributed by atoms with van der Waals surface area (Å²) in [5.74, 6) is 0.853. The number of nitrogens with one attached hydrogen (secondary N) is 1. The van der Waals surface area contributed by atoms with E-state index in [-0.39, 0.29) is 12.3 Å². The standard InChI is InChI=1S/C12H16N2O3S/c15-11(14-10-5-1-3-7-13-10)9-18-8-4-2-6-12(16)17/h1,3,5,7H,2,4,6,8-9H2,(H,16,17)(H,13,14,15). The van der Waals surface area contributed by atoms with Gasteiger partial charge in [-0.3, -0.25) is 9.59 Å². The molecule has 1 aromatic heterocycles. The molecule has 6 heteroatoms. The minimum absolute atomic E-state index is 0.0862. The van der Waals surface area contributed by atoms with Crippen LogP contribution in [0.5, 0.6) is 0 Å². The molecule has 0 aliphatic carbocycles. The first-order chi connectivity index (χ1) is 8.68. The monoisotopic (exact) mass is 268 g/mol. The maximum Gasteiger partial charge on any atom is 0.303 e. The van der Waals surface area contributed by atoms with E-state index in [1.54, 1.807) is 18.3 Å². The summed E-state index contributed by atoms with van der Waals surface area (Å²) in [6.45, 7) is 0. The van der Waals surface area contributed by atoms with Gasteiger partial charge in [0.25, 0.3) is 0 Å². The molecule has 2 N–H and O–H groups in total. The number of amides is 1. The van der Waals surface area contributed by atoms with Crippen molar-refractivity contribution < 1.29 is 14.7 Å². The molecule has 18 heavy (non-hydrogen) atoms. The Morgan fingerprint density at radius 2 is 2.17 bits per heavy atom. The molecule has 0 saturated heterocycles. The molecule has 0 saturated carbocycles. The second-order valence-electron chi connectivity index (χ2n) is 3.67. The zero-order valence-corrected chi connectivity index (χ0v) is 10.8. The number of rotatable bonds is 8. The van der Waals surface area contributed by atoms with Gasteiger partial charge in [0, 0.05) is 12.6 Å². The van der Waals surface area contributed by atoms with Crippen molar-refractivity contribution in [2.45, 2.75) is 19.3 Å². The van der Waals surface area contributed by atoms with Crippen molar-refractivity contribution in [2.24, 2.45) is 0 Å². The molecule has 0 aliphatic heterocycles. The minimum Gasteiger partial charge on any atom is -0.481 e. The van der Waals surface area contributed by atoms with Crippen LogP contribution in [0.2, 0.25) is 0 Å². The number of hydrogen-bond acceptors (Lipinski definition) is 4. The predicted molar refractivity (Wildman–Crippen MR) is 71.7 cm³/mol. The number of unbranched alkanes of at least 4 members (excludes halogenated alkanes) is 1. The molecule has 0 radical (unpaired) electrons. The van der Waals surface area contributed by atoms with Crippen LogP contribution in [0.25, 0.3) is 0 Å². The van der Waals surface area contributed by atoms with Gasteiger partial charge >= 0.3 is 5.97 Å². The quantitative estimate of drug-likeness (QED) is 0.705. The first-order valence-corrected chi connectivity index (χ1v) is 6.84. The number of pyridine rings is 1. The van der Waals surface area contributed by atoms with Gasteiger partial charge in [0.2, 0.25) is 5.91 Å². The van der Waals surface area contributed by atoms with Crippen LogP contribution in [0.15, 0.2) is 24.4 Å². The summed E-state index contributed by atoms with van der Waals surface area (Å²) in [5.41, 5.74) is 0. The van der Waals surface area contributed by atoms with Gasteiger partial charge < -0.3 is 10.4 Å². The Balaban J connectivity index is 2.05. The van der Waals surface area contributed by atoms with Gasteiger partial charge in [-0.25, -0.2) is 4.98 Å². The van der Waals surface area contributed by atoms with Gasteiger partial charge in [-0.15, -0.1) is 0 Å². The molecule has 98 valence electrons. The summed E-state index contributed by atoms with van der Waals surface area (Å²) >= 11 is 1.50. The lowest BCUT2D eigenvalue weighted by molar-refractivity contribution is -0.137. The van der Waals surface area contributed by atoms with E-state index in [4.69, 9.17) is 5.11 Å². The van der Waals surface area contributed by atoms with Crippen LogP contribution in [0, 0.1) is 0 Å². The Morgan fingerprint density at radius 1 is 1.33 bits per heavy atom. The lowest BCUT2D eigenvalue weighted by Gasteiger charge is -2.03. The Bertz CT molecular complexity index is 384. The number of carboxylic acids is 1. The number of hydrogen-bond donors (Lipinski definition) is 2. The highest BCUT2D eigenvalue weighted by atomic mass is 32.2. The molecule has 5 nitrogen and oxygen atoms in total. The second-order valence-corrected chi connectivity index (χ2v) is 4.77. The van der Waals surface area contributed by atoms with Crippen molar-refractivity contribution in [1.29, 1.82) is 0 Å². The molecular weight excluding hydrogens is 252 g/mol. The van der Waals surface area contributed by atoms with Gasteiger partial charge in [0.1, 0.15) is 5.82 Å². The predicted octanol–water partition coefficient (Wildman–Crippen LogP) is 2.01. The lowest BCUT2D eigenvalue weighted by atomic mass is 10.3. The van der Waals surface area contributed by atoms with E-state index in [2.05, 4.69) is 10.3 Å². The zero-order chi connectivity index (χ0) is 13.2. The maximum atomic E-state index is 11.5. The first-order valence-electron chi connectivity index (χ1n) is 5.69. The van der Waals surface area contributed by atoms with Gasteiger partial charge in [-0.1, -0.05) is 6.07 Å². The summed E-state index contributed by atoms with van der Waals surface area (Å²) in [6, 6.07) is 5.32. The van der Waals surface area contributed by atoms with E-state index in [0.29, 0.717) is 18.0 Å². The Hall–Kier alpha value is -1.56. The highest BCUT2D eigenvalue weighted by Crippen LogP contribution is 2.07. The molecule has 0 atom stereocenters. The molecule has 0 aliphatic rings. The van der Waals surface area contributed by atoms with Crippen molar-refractivity contribution in [3.8, 4) is 0 Å². The summed E-state index contributed by atoms with van der Waals surface area (Å²) in [4.78, 5) is 25.7. The summed E-state index contributed by atoms with van der Waals surface area (Å²) in [7, 11) is 0. The smallest absolute Gasteiger partial charge is 0.303 e. The van der Waals surface area contributed by atoms with Crippen molar-refractivity contribution in [2.75, 3.05) is 16.8 Å². The third kappa shape index (κ3) is 6.90. The number of nitrogens with zero attached hydrogens (tertiary/aromatic N) is 1.